The number of amides is 2. The number of carboxylic acid groups (broad SMARTS) is 1. The highest BCUT2D eigenvalue weighted by molar-refractivity contribution is 5.92. The minimum atomic E-state index is -1.52. The van der Waals surface area contributed by atoms with Gasteiger partial charge in [-0.1, -0.05) is 74.5 Å². The van der Waals surface area contributed by atoms with Crippen molar-refractivity contribution in [3.63, 3.8) is 0 Å². The molecule has 0 spiro atoms. The van der Waals surface area contributed by atoms with Crippen LogP contribution in [0.15, 0.2) is 60.7 Å². The second kappa shape index (κ2) is 12.0. The van der Waals surface area contributed by atoms with E-state index in [2.05, 4.69) is 10.6 Å². The number of benzene rings is 2. The van der Waals surface area contributed by atoms with Crippen LogP contribution in [0.25, 0.3) is 0 Å². The first-order valence-electron chi connectivity index (χ1n) is 10.5. The van der Waals surface area contributed by atoms with Gasteiger partial charge in [0.05, 0.1) is 0 Å². The second-order valence-electron chi connectivity index (χ2n) is 8.12. The number of nitrogens with one attached hydrogen (secondary N) is 2. The Morgan fingerprint density at radius 3 is 1.81 bits per heavy atom. The maximum absolute atomic E-state index is 12.8. The van der Waals surface area contributed by atoms with E-state index in [-0.39, 0.29) is 18.8 Å². The molecule has 0 heterocycles. The molecule has 6 N–H and O–H groups in total. The highest BCUT2D eigenvalue weighted by Gasteiger charge is 2.32. The molecule has 0 saturated carbocycles. The fourth-order valence-electron chi connectivity index (χ4n) is 3.28. The lowest BCUT2D eigenvalue weighted by Gasteiger charge is -2.26. The quantitative estimate of drug-likeness (QED) is 0.350. The summed E-state index contributed by atoms with van der Waals surface area (Å²) < 4.78 is 0. The molecule has 0 saturated heterocycles. The summed E-state index contributed by atoms with van der Waals surface area (Å²) >= 11 is 0. The van der Waals surface area contributed by atoms with Crippen LogP contribution in [0, 0.1) is 5.92 Å². The molecule has 0 aliphatic carbocycles. The molecule has 0 aromatic heterocycles. The van der Waals surface area contributed by atoms with Crippen LogP contribution in [0.3, 0.4) is 0 Å². The summed E-state index contributed by atoms with van der Waals surface area (Å²) in [6.45, 7) is 3.43. The lowest BCUT2D eigenvalue weighted by Crippen LogP contribution is -2.57. The van der Waals surface area contributed by atoms with Crippen LogP contribution in [0.1, 0.15) is 25.0 Å². The van der Waals surface area contributed by atoms with Crippen molar-refractivity contribution in [3.05, 3.63) is 71.8 Å². The second-order valence-corrected chi connectivity index (χ2v) is 8.12. The van der Waals surface area contributed by atoms with Crippen LogP contribution in [-0.4, -0.2) is 52.2 Å². The SMILES string of the molecule is CC(C)[C@H](NC(=O)[C@@H](O)[C@H](N)Cc1ccccc1)C(=O)N[C@@H](Cc1ccccc1)C(=O)O. The summed E-state index contributed by atoms with van der Waals surface area (Å²) in [7, 11) is 0. The molecule has 4 atom stereocenters. The minimum Gasteiger partial charge on any atom is -0.480 e. The Morgan fingerprint density at radius 1 is 0.844 bits per heavy atom. The van der Waals surface area contributed by atoms with Gasteiger partial charge in [-0.3, -0.25) is 9.59 Å². The van der Waals surface area contributed by atoms with Gasteiger partial charge in [0, 0.05) is 12.5 Å². The first-order valence-corrected chi connectivity index (χ1v) is 10.5. The lowest BCUT2D eigenvalue weighted by atomic mass is 9.99. The maximum atomic E-state index is 12.8. The number of carbonyl (C=O) groups is 3. The third-order valence-corrected chi connectivity index (χ3v) is 5.13. The fourth-order valence-corrected chi connectivity index (χ4v) is 3.28. The molecule has 0 fully saturated rings. The van der Waals surface area contributed by atoms with Crippen LogP contribution < -0.4 is 16.4 Å². The van der Waals surface area contributed by atoms with E-state index >= 15 is 0 Å². The van der Waals surface area contributed by atoms with Crippen molar-refractivity contribution in [3.8, 4) is 0 Å². The zero-order valence-electron chi connectivity index (χ0n) is 18.3. The van der Waals surface area contributed by atoms with Crippen molar-refractivity contribution in [1.82, 2.24) is 10.6 Å². The highest BCUT2D eigenvalue weighted by atomic mass is 16.4. The Labute approximate surface area is 187 Å². The first kappa shape index (κ1) is 25.0. The largest absolute Gasteiger partial charge is 0.480 e. The summed E-state index contributed by atoms with van der Waals surface area (Å²) in [4.78, 5) is 37.0. The van der Waals surface area contributed by atoms with E-state index in [0.717, 1.165) is 11.1 Å². The van der Waals surface area contributed by atoms with Crippen LogP contribution >= 0.6 is 0 Å². The molecule has 172 valence electrons. The molecule has 2 aromatic rings. The van der Waals surface area contributed by atoms with Crippen molar-refractivity contribution < 1.29 is 24.6 Å². The molecular formula is C24H31N3O5. The van der Waals surface area contributed by atoms with Crippen molar-refractivity contribution in [2.24, 2.45) is 11.7 Å². The number of aliphatic hydroxyl groups excluding tert-OH is 1. The Morgan fingerprint density at radius 2 is 1.34 bits per heavy atom. The summed E-state index contributed by atoms with van der Waals surface area (Å²) in [6.07, 6.45) is -1.14. The molecule has 0 unspecified atom stereocenters. The van der Waals surface area contributed by atoms with Crippen molar-refractivity contribution in [1.29, 1.82) is 0 Å². The molecule has 8 heteroatoms. The van der Waals surface area contributed by atoms with E-state index in [9.17, 15) is 24.6 Å². The zero-order chi connectivity index (χ0) is 23.7. The molecule has 32 heavy (non-hydrogen) atoms. The molecule has 0 aliphatic rings. The maximum Gasteiger partial charge on any atom is 0.326 e. The number of hydrogen-bond donors (Lipinski definition) is 5. The predicted octanol–water partition coefficient (Wildman–Crippen LogP) is 0.870. The number of hydrogen-bond acceptors (Lipinski definition) is 5. The number of rotatable bonds is 11. The number of carboxylic acids is 1. The first-order chi connectivity index (χ1) is 15.2. The molecule has 0 bridgehead atoms. The van der Waals surface area contributed by atoms with Gasteiger partial charge >= 0.3 is 5.97 Å². The normalized spacial score (nSPS) is 14.8. The van der Waals surface area contributed by atoms with Crippen molar-refractivity contribution in [2.75, 3.05) is 0 Å². The van der Waals surface area contributed by atoms with Crippen LogP contribution in [0.4, 0.5) is 0 Å². The summed E-state index contributed by atoms with van der Waals surface area (Å²) in [5.41, 5.74) is 7.62. The van der Waals surface area contributed by atoms with Gasteiger partial charge in [-0.05, 0) is 23.5 Å². The average Bonchev–Trinajstić information content (AvgIpc) is 2.77. The zero-order valence-corrected chi connectivity index (χ0v) is 18.3. The third-order valence-electron chi connectivity index (χ3n) is 5.13. The minimum absolute atomic E-state index is 0.102. The summed E-state index contributed by atoms with van der Waals surface area (Å²) in [5, 5.41) is 24.9. The fraction of sp³-hybridized carbons (Fsp3) is 0.375. The number of nitrogens with two attached hydrogens (primary N) is 1. The van der Waals surface area contributed by atoms with E-state index in [1.807, 2.05) is 36.4 Å². The Bertz CT molecular complexity index is 889. The van der Waals surface area contributed by atoms with E-state index in [0.29, 0.717) is 0 Å². The third kappa shape index (κ3) is 7.47. The van der Waals surface area contributed by atoms with Gasteiger partial charge in [-0.2, -0.15) is 0 Å². The summed E-state index contributed by atoms with van der Waals surface area (Å²) in [5.74, 6) is -2.94. The van der Waals surface area contributed by atoms with E-state index in [4.69, 9.17) is 5.73 Å². The molecular weight excluding hydrogens is 410 g/mol. The van der Waals surface area contributed by atoms with Crippen molar-refractivity contribution >= 4 is 17.8 Å². The summed E-state index contributed by atoms with van der Waals surface area (Å²) in [6, 6.07) is 15.1. The smallest absolute Gasteiger partial charge is 0.326 e. The molecule has 0 radical (unpaired) electrons. The van der Waals surface area contributed by atoms with Gasteiger partial charge in [0.25, 0.3) is 5.91 Å². The van der Waals surface area contributed by atoms with Crippen LogP contribution in [0.2, 0.25) is 0 Å². The number of aliphatic carboxylic acids is 1. The van der Waals surface area contributed by atoms with Gasteiger partial charge < -0.3 is 26.6 Å². The molecule has 8 nitrogen and oxygen atoms in total. The highest BCUT2D eigenvalue weighted by Crippen LogP contribution is 2.09. The Kier molecular flexibility index (Phi) is 9.37. The van der Waals surface area contributed by atoms with Crippen LogP contribution in [0.5, 0.6) is 0 Å². The van der Waals surface area contributed by atoms with Gasteiger partial charge in [-0.25, -0.2) is 4.79 Å². The monoisotopic (exact) mass is 441 g/mol. The standard InChI is InChI=1S/C24H31N3O5/c1-15(2)20(22(29)26-19(24(31)32)14-17-11-7-4-8-12-17)27-23(30)21(28)18(25)13-16-9-5-3-6-10-16/h3-12,15,18-21,28H,13-14,25H2,1-2H3,(H,26,29)(H,27,30)(H,31,32)/t18-,19+,20+,21+/m1/s1. The van der Waals surface area contributed by atoms with Gasteiger partial charge in [0.2, 0.25) is 5.91 Å². The van der Waals surface area contributed by atoms with Crippen molar-refractivity contribution in [2.45, 2.75) is 50.9 Å². The number of carbonyl (C=O) groups excluding carboxylic acids is 2. The molecule has 2 aromatic carbocycles. The average molecular weight is 442 g/mol. The van der Waals surface area contributed by atoms with E-state index in [1.54, 1.807) is 38.1 Å². The van der Waals surface area contributed by atoms with Crippen LogP contribution in [-0.2, 0) is 27.2 Å². The van der Waals surface area contributed by atoms with E-state index < -0.39 is 42.0 Å². The predicted molar refractivity (Wildman–Crippen MR) is 121 cm³/mol. The van der Waals surface area contributed by atoms with Gasteiger partial charge in [0.1, 0.15) is 18.2 Å². The number of aliphatic hydroxyl groups is 1. The van der Waals surface area contributed by atoms with Gasteiger partial charge in [-0.15, -0.1) is 0 Å². The lowest BCUT2D eigenvalue weighted by molar-refractivity contribution is -0.142. The van der Waals surface area contributed by atoms with Gasteiger partial charge in [0.15, 0.2) is 0 Å². The topological polar surface area (TPSA) is 142 Å². The molecule has 2 rings (SSSR count). The Balaban J connectivity index is 2.01. The molecule has 2 amide bonds. The van der Waals surface area contributed by atoms with E-state index in [1.165, 1.54) is 0 Å². The molecule has 0 aliphatic heterocycles. The Hall–Kier alpha value is -3.23.